The number of amides is 2. The van der Waals surface area contributed by atoms with Crippen molar-refractivity contribution in [3.63, 3.8) is 0 Å². The third-order valence-electron chi connectivity index (χ3n) is 3.83. The number of rotatable bonds is 6. The van der Waals surface area contributed by atoms with E-state index in [0.29, 0.717) is 16.8 Å². The van der Waals surface area contributed by atoms with Crippen molar-refractivity contribution >= 4 is 23.2 Å². The van der Waals surface area contributed by atoms with Gasteiger partial charge in [0.15, 0.2) is 0 Å². The molecule has 2 aromatic rings. The molecule has 2 amide bonds. The summed E-state index contributed by atoms with van der Waals surface area (Å²) in [6.07, 6.45) is 0. The van der Waals surface area contributed by atoms with Gasteiger partial charge >= 0.3 is 0 Å². The Balaban J connectivity index is 2.02. The summed E-state index contributed by atoms with van der Waals surface area (Å²) in [7, 11) is 0. The number of nitrogens with one attached hydrogen (secondary N) is 2. The van der Waals surface area contributed by atoms with Crippen LogP contribution in [0.4, 0.5) is 11.4 Å². The van der Waals surface area contributed by atoms with Gasteiger partial charge in [-0.05, 0) is 36.8 Å². The van der Waals surface area contributed by atoms with E-state index >= 15 is 0 Å². The minimum Gasteiger partial charge on any atom is -0.348 e. The van der Waals surface area contributed by atoms with E-state index in [0.717, 1.165) is 5.56 Å². The highest BCUT2D eigenvalue weighted by Gasteiger charge is 2.14. The van der Waals surface area contributed by atoms with Crippen LogP contribution in [0.25, 0.3) is 0 Å². The molecule has 0 atom stereocenters. The highest BCUT2D eigenvalue weighted by molar-refractivity contribution is 5.95. The van der Waals surface area contributed by atoms with Crippen LogP contribution in [0.1, 0.15) is 35.3 Å². The van der Waals surface area contributed by atoms with Crippen molar-refractivity contribution in [3.05, 3.63) is 69.3 Å². The van der Waals surface area contributed by atoms with Crippen LogP contribution in [0.3, 0.4) is 0 Å². The van der Waals surface area contributed by atoms with Crippen molar-refractivity contribution in [1.29, 1.82) is 0 Å². The van der Waals surface area contributed by atoms with Crippen molar-refractivity contribution in [2.24, 2.45) is 5.92 Å². The van der Waals surface area contributed by atoms with E-state index < -0.39 is 4.92 Å². The summed E-state index contributed by atoms with van der Waals surface area (Å²) in [6.45, 7) is 5.49. The van der Waals surface area contributed by atoms with Gasteiger partial charge in [-0.1, -0.05) is 26.0 Å². The lowest BCUT2D eigenvalue weighted by Gasteiger charge is -2.10. The Morgan fingerprint density at radius 2 is 1.88 bits per heavy atom. The molecular formula is C19H21N3O4. The molecule has 0 fully saturated rings. The zero-order valence-corrected chi connectivity index (χ0v) is 14.9. The van der Waals surface area contributed by atoms with Crippen LogP contribution in [-0.2, 0) is 11.3 Å². The molecule has 0 saturated heterocycles. The number of carbonyl (C=O) groups is 2. The first kappa shape index (κ1) is 19.1. The molecule has 26 heavy (non-hydrogen) atoms. The molecule has 2 N–H and O–H groups in total. The van der Waals surface area contributed by atoms with Crippen LogP contribution in [-0.4, -0.2) is 16.7 Å². The summed E-state index contributed by atoms with van der Waals surface area (Å²) in [4.78, 5) is 34.4. The molecule has 0 aliphatic rings. The van der Waals surface area contributed by atoms with Crippen molar-refractivity contribution in [1.82, 2.24) is 5.32 Å². The van der Waals surface area contributed by atoms with Gasteiger partial charge in [0.05, 0.1) is 4.92 Å². The minimum atomic E-state index is -0.478. The Labute approximate surface area is 151 Å². The highest BCUT2D eigenvalue weighted by atomic mass is 16.6. The minimum absolute atomic E-state index is 0.0184. The molecule has 0 spiro atoms. The zero-order chi connectivity index (χ0) is 19.3. The van der Waals surface area contributed by atoms with E-state index in [1.807, 2.05) is 19.9 Å². The van der Waals surface area contributed by atoms with Crippen molar-refractivity contribution in [3.8, 4) is 0 Å². The van der Waals surface area contributed by atoms with Crippen molar-refractivity contribution < 1.29 is 14.5 Å². The number of carbonyl (C=O) groups excluding carboxylic acids is 2. The third kappa shape index (κ3) is 4.89. The molecule has 0 aliphatic heterocycles. The first-order valence-electron chi connectivity index (χ1n) is 8.21. The summed E-state index contributed by atoms with van der Waals surface area (Å²) < 4.78 is 0. The summed E-state index contributed by atoms with van der Waals surface area (Å²) >= 11 is 0. The molecule has 0 aromatic heterocycles. The number of anilines is 1. The molecule has 0 bridgehead atoms. The number of hydrogen-bond donors (Lipinski definition) is 2. The van der Waals surface area contributed by atoms with Crippen LogP contribution in [0.2, 0.25) is 0 Å². The zero-order valence-electron chi connectivity index (χ0n) is 14.9. The molecule has 7 nitrogen and oxygen atoms in total. The first-order chi connectivity index (χ1) is 12.3. The molecule has 2 rings (SSSR count). The Morgan fingerprint density at radius 3 is 2.50 bits per heavy atom. The molecule has 0 aliphatic carbocycles. The number of aryl methyl sites for hydroxylation is 1. The Morgan fingerprint density at radius 1 is 1.15 bits per heavy atom. The van der Waals surface area contributed by atoms with E-state index in [9.17, 15) is 19.7 Å². The van der Waals surface area contributed by atoms with Crippen LogP contribution < -0.4 is 10.6 Å². The summed E-state index contributed by atoms with van der Waals surface area (Å²) in [5.74, 6) is -0.518. The molecule has 0 radical (unpaired) electrons. The number of hydrogen-bond acceptors (Lipinski definition) is 4. The van der Waals surface area contributed by atoms with Gasteiger partial charge in [0.2, 0.25) is 5.91 Å². The third-order valence-corrected chi connectivity index (χ3v) is 3.83. The number of benzene rings is 2. The molecule has 0 saturated carbocycles. The van der Waals surface area contributed by atoms with E-state index in [1.165, 1.54) is 18.2 Å². The van der Waals surface area contributed by atoms with E-state index in [4.69, 9.17) is 0 Å². The fourth-order valence-electron chi connectivity index (χ4n) is 2.33. The number of nitro benzene ring substituents is 1. The maximum absolute atomic E-state index is 12.3. The second-order valence-electron chi connectivity index (χ2n) is 6.29. The van der Waals surface area contributed by atoms with E-state index in [2.05, 4.69) is 10.6 Å². The maximum atomic E-state index is 12.3. The fraction of sp³-hybridized carbons (Fsp3) is 0.263. The first-order valence-corrected chi connectivity index (χ1v) is 8.21. The van der Waals surface area contributed by atoms with Crippen LogP contribution >= 0.6 is 0 Å². The topological polar surface area (TPSA) is 101 Å². The van der Waals surface area contributed by atoms with Gasteiger partial charge in [-0.15, -0.1) is 0 Å². The highest BCUT2D eigenvalue weighted by Crippen LogP contribution is 2.19. The SMILES string of the molecule is Cc1cc(C(=O)NCc2cccc(NC(=O)C(C)C)c2)ccc1[N+](=O)[O-]. The summed E-state index contributed by atoms with van der Waals surface area (Å²) in [6, 6.07) is 11.5. The molecule has 136 valence electrons. The van der Waals surface area contributed by atoms with E-state index in [-0.39, 0.29) is 30.0 Å². The standard InChI is InChI=1S/C19H21N3O4/c1-12(2)18(23)21-16-6-4-5-14(10-16)11-20-19(24)15-7-8-17(22(25)26)13(3)9-15/h4-10,12H,11H2,1-3H3,(H,20,24)(H,21,23). The molecular weight excluding hydrogens is 334 g/mol. The lowest BCUT2D eigenvalue weighted by molar-refractivity contribution is -0.385. The summed E-state index contributed by atoms with van der Waals surface area (Å²) in [5, 5.41) is 16.4. The van der Waals surface area contributed by atoms with Crippen LogP contribution in [0, 0.1) is 23.0 Å². The Hall–Kier alpha value is -3.22. The van der Waals surface area contributed by atoms with Gasteiger partial charge in [0, 0.05) is 35.3 Å². The van der Waals surface area contributed by atoms with Gasteiger partial charge in [-0.2, -0.15) is 0 Å². The van der Waals surface area contributed by atoms with Crippen molar-refractivity contribution in [2.75, 3.05) is 5.32 Å². The Bertz CT molecular complexity index is 846. The quantitative estimate of drug-likeness (QED) is 0.612. The van der Waals surface area contributed by atoms with E-state index in [1.54, 1.807) is 25.1 Å². The lowest BCUT2D eigenvalue weighted by Crippen LogP contribution is -2.23. The van der Waals surface area contributed by atoms with Gasteiger partial charge in [0.1, 0.15) is 0 Å². The van der Waals surface area contributed by atoms with Crippen LogP contribution in [0.15, 0.2) is 42.5 Å². The summed E-state index contributed by atoms with van der Waals surface area (Å²) in [5.41, 5.74) is 2.27. The average molecular weight is 355 g/mol. The predicted molar refractivity (Wildman–Crippen MR) is 98.9 cm³/mol. The van der Waals surface area contributed by atoms with Gasteiger partial charge < -0.3 is 10.6 Å². The van der Waals surface area contributed by atoms with Crippen LogP contribution in [0.5, 0.6) is 0 Å². The second-order valence-corrected chi connectivity index (χ2v) is 6.29. The molecule has 0 unspecified atom stereocenters. The predicted octanol–water partition coefficient (Wildman–Crippen LogP) is 3.43. The second kappa shape index (κ2) is 8.24. The molecule has 0 heterocycles. The maximum Gasteiger partial charge on any atom is 0.272 e. The largest absolute Gasteiger partial charge is 0.348 e. The fourth-order valence-corrected chi connectivity index (χ4v) is 2.33. The van der Waals surface area contributed by atoms with Gasteiger partial charge in [-0.25, -0.2) is 0 Å². The smallest absolute Gasteiger partial charge is 0.272 e. The van der Waals surface area contributed by atoms with Gasteiger partial charge in [0.25, 0.3) is 11.6 Å². The Kier molecular flexibility index (Phi) is 6.06. The number of nitrogens with zero attached hydrogens (tertiary/aromatic N) is 1. The molecule has 7 heteroatoms. The number of nitro groups is 1. The lowest BCUT2D eigenvalue weighted by atomic mass is 10.1. The molecule has 2 aromatic carbocycles. The normalized spacial score (nSPS) is 10.5. The average Bonchev–Trinajstić information content (AvgIpc) is 2.59. The van der Waals surface area contributed by atoms with Gasteiger partial charge in [-0.3, -0.25) is 19.7 Å². The van der Waals surface area contributed by atoms with Crippen molar-refractivity contribution in [2.45, 2.75) is 27.3 Å². The monoisotopic (exact) mass is 355 g/mol.